The van der Waals surface area contributed by atoms with Crippen molar-refractivity contribution in [3.63, 3.8) is 0 Å². The van der Waals surface area contributed by atoms with Gasteiger partial charge < -0.3 is 9.47 Å². The molecule has 2 aliphatic rings. The lowest BCUT2D eigenvalue weighted by molar-refractivity contribution is 0.147. The maximum atomic E-state index is 6.80. The van der Waals surface area contributed by atoms with Crippen LogP contribution in [0.2, 0.25) is 0 Å². The van der Waals surface area contributed by atoms with Crippen molar-refractivity contribution in [1.29, 1.82) is 0 Å². The normalized spacial score (nSPS) is 18.6. The first-order chi connectivity index (χ1) is 16.6. The molecule has 0 spiro atoms. The van der Waals surface area contributed by atoms with Crippen LogP contribution in [0.25, 0.3) is 11.1 Å². The molecule has 0 radical (unpaired) electrons. The first-order valence-electron chi connectivity index (χ1n) is 14.0. The Morgan fingerprint density at radius 2 is 1.06 bits per heavy atom. The molecule has 0 N–H and O–H groups in total. The first-order valence-corrected chi connectivity index (χ1v) is 15.3. The summed E-state index contributed by atoms with van der Waals surface area (Å²) in [6.45, 7) is 14.4. The summed E-state index contributed by atoms with van der Waals surface area (Å²) in [5.41, 5.74) is 2.49. The summed E-state index contributed by atoms with van der Waals surface area (Å²) in [7, 11) is -0.457. The van der Waals surface area contributed by atoms with Crippen LogP contribution in [0.5, 0.6) is 11.5 Å². The Morgan fingerprint density at radius 1 is 0.600 bits per heavy atom. The zero-order chi connectivity index (χ0) is 25.1. The summed E-state index contributed by atoms with van der Waals surface area (Å²) < 4.78 is 13.6. The van der Waals surface area contributed by atoms with Crippen LogP contribution >= 0.6 is 7.92 Å². The molecule has 192 valence electrons. The van der Waals surface area contributed by atoms with Crippen LogP contribution in [0.15, 0.2) is 42.5 Å². The molecule has 2 nitrogen and oxygen atoms in total. The van der Waals surface area contributed by atoms with Crippen molar-refractivity contribution in [3.05, 3.63) is 42.5 Å². The topological polar surface area (TPSA) is 18.5 Å². The molecule has 35 heavy (non-hydrogen) atoms. The average Bonchev–Trinajstić information content (AvgIpc) is 2.79. The summed E-state index contributed by atoms with van der Waals surface area (Å²) in [6.07, 6.45) is 13.0. The molecule has 0 aromatic heterocycles. The van der Waals surface area contributed by atoms with Gasteiger partial charge in [-0.2, -0.15) is 0 Å². The van der Waals surface area contributed by atoms with Gasteiger partial charge in [-0.15, -0.1) is 0 Å². The summed E-state index contributed by atoms with van der Waals surface area (Å²) in [5, 5.41) is 1.84. The maximum absolute atomic E-state index is 6.80. The predicted molar refractivity (Wildman–Crippen MR) is 153 cm³/mol. The molecule has 2 fully saturated rings. The third kappa shape index (κ3) is 6.62. The molecule has 0 unspecified atom stereocenters. The maximum Gasteiger partial charge on any atom is 0.131 e. The second-order valence-electron chi connectivity index (χ2n) is 12.6. The fourth-order valence-electron chi connectivity index (χ4n) is 6.31. The highest BCUT2D eigenvalue weighted by Crippen LogP contribution is 2.60. The van der Waals surface area contributed by atoms with Crippen LogP contribution in [0.4, 0.5) is 0 Å². The lowest BCUT2D eigenvalue weighted by atomic mass is 9.96. The van der Waals surface area contributed by atoms with Crippen LogP contribution in [-0.2, 0) is 0 Å². The second-order valence-corrected chi connectivity index (χ2v) is 16.4. The first kappa shape index (κ1) is 26.5. The number of benzene rings is 2. The molecule has 2 aliphatic carbocycles. The Hall–Kier alpha value is -1.53. The van der Waals surface area contributed by atoms with Crippen LogP contribution in [0.1, 0.15) is 106 Å². The minimum absolute atomic E-state index is 0.188. The summed E-state index contributed by atoms with van der Waals surface area (Å²) in [5.74, 6) is 2.02. The Balaban J connectivity index is 1.84. The summed E-state index contributed by atoms with van der Waals surface area (Å²) in [4.78, 5) is 0. The van der Waals surface area contributed by atoms with Gasteiger partial charge in [-0.3, -0.25) is 0 Å². The van der Waals surface area contributed by atoms with Crippen LogP contribution < -0.4 is 14.8 Å². The van der Waals surface area contributed by atoms with Gasteiger partial charge in [-0.1, -0.05) is 92.6 Å². The smallest absolute Gasteiger partial charge is 0.131 e. The quantitative estimate of drug-likeness (QED) is 0.372. The molecule has 0 saturated heterocycles. The fraction of sp³-hybridized carbons (Fsp3) is 0.625. The molecule has 4 rings (SSSR count). The molecule has 0 atom stereocenters. The van der Waals surface area contributed by atoms with Gasteiger partial charge in [-0.25, -0.2) is 0 Å². The third-order valence-corrected chi connectivity index (χ3v) is 11.0. The van der Waals surface area contributed by atoms with Crippen molar-refractivity contribution in [2.45, 2.75) is 128 Å². The number of hydrogen-bond donors (Lipinski definition) is 0. The van der Waals surface area contributed by atoms with Gasteiger partial charge in [0.2, 0.25) is 0 Å². The molecule has 0 bridgehead atoms. The fourth-order valence-corrected chi connectivity index (χ4v) is 10.4. The van der Waals surface area contributed by atoms with E-state index in [9.17, 15) is 0 Å². The van der Waals surface area contributed by atoms with Crippen molar-refractivity contribution in [2.75, 3.05) is 0 Å². The van der Waals surface area contributed by atoms with Gasteiger partial charge in [0, 0.05) is 0 Å². The molecular formula is C32H47O2P. The number of rotatable bonds is 6. The van der Waals surface area contributed by atoms with Gasteiger partial charge in [0.1, 0.15) is 11.5 Å². The lowest BCUT2D eigenvalue weighted by Gasteiger charge is -2.43. The van der Waals surface area contributed by atoms with E-state index in [1.54, 1.807) is 0 Å². The standard InChI is InChI=1S/C32H47O2P/c1-31(2,3)35(32(4,5)6)29-23-14-13-20-26(29)30-27(33-24-16-9-7-10-17-24)21-15-22-28(30)34-25-18-11-8-12-19-25/h13-15,20-25H,7-12,16-19H2,1-6H3. The molecular weight excluding hydrogens is 447 g/mol. The molecule has 2 aromatic carbocycles. The number of hydrogen-bond acceptors (Lipinski definition) is 2. The van der Waals surface area contributed by atoms with Gasteiger partial charge in [0.05, 0.1) is 17.8 Å². The molecule has 0 amide bonds. The molecule has 0 heterocycles. The molecule has 0 aliphatic heterocycles. The van der Waals surface area contributed by atoms with E-state index in [1.165, 1.54) is 55.0 Å². The third-order valence-electron chi connectivity index (χ3n) is 7.44. The van der Waals surface area contributed by atoms with Gasteiger partial charge in [0.25, 0.3) is 0 Å². The zero-order valence-corrected chi connectivity index (χ0v) is 23.9. The van der Waals surface area contributed by atoms with Crippen LogP contribution in [-0.4, -0.2) is 22.5 Å². The summed E-state index contributed by atoms with van der Waals surface area (Å²) >= 11 is 0. The zero-order valence-electron chi connectivity index (χ0n) is 23.0. The van der Waals surface area contributed by atoms with Gasteiger partial charge >= 0.3 is 0 Å². The average molecular weight is 495 g/mol. The predicted octanol–water partition coefficient (Wildman–Crippen LogP) is 9.48. The largest absolute Gasteiger partial charge is 0.490 e. The van der Waals surface area contributed by atoms with Crippen molar-refractivity contribution >= 4 is 13.2 Å². The lowest BCUT2D eigenvalue weighted by Crippen LogP contribution is -2.32. The molecule has 2 saturated carbocycles. The highest BCUT2D eigenvalue weighted by atomic mass is 31.1. The van der Waals surface area contributed by atoms with E-state index in [0.29, 0.717) is 12.2 Å². The second kappa shape index (κ2) is 11.2. The van der Waals surface area contributed by atoms with Crippen LogP contribution in [0, 0.1) is 0 Å². The van der Waals surface area contributed by atoms with E-state index in [0.717, 1.165) is 37.2 Å². The summed E-state index contributed by atoms with van der Waals surface area (Å²) in [6, 6.07) is 15.6. The highest BCUT2D eigenvalue weighted by Gasteiger charge is 2.37. The number of ether oxygens (including phenoxy) is 2. The van der Waals surface area contributed by atoms with E-state index in [-0.39, 0.29) is 10.3 Å². The van der Waals surface area contributed by atoms with Gasteiger partial charge in [0.15, 0.2) is 0 Å². The molecule has 2 aromatic rings. The van der Waals surface area contributed by atoms with Gasteiger partial charge in [-0.05, 0) is 84.7 Å². The van der Waals surface area contributed by atoms with E-state index in [2.05, 4.69) is 84.0 Å². The Bertz CT molecular complexity index is 904. The van der Waals surface area contributed by atoms with Crippen molar-refractivity contribution in [2.24, 2.45) is 0 Å². The van der Waals surface area contributed by atoms with Crippen LogP contribution in [0.3, 0.4) is 0 Å². The SMILES string of the molecule is CC(C)(C)P(c1ccccc1-c1c(OC2CCCCC2)cccc1OC1CCCCC1)C(C)(C)C. The minimum atomic E-state index is -0.457. The van der Waals surface area contributed by atoms with E-state index in [1.807, 2.05) is 0 Å². The Labute approximate surface area is 216 Å². The van der Waals surface area contributed by atoms with E-state index >= 15 is 0 Å². The molecule has 3 heteroatoms. The Morgan fingerprint density at radius 3 is 1.51 bits per heavy atom. The van der Waals surface area contributed by atoms with Crippen molar-refractivity contribution in [3.8, 4) is 22.6 Å². The monoisotopic (exact) mass is 494 g/mol. The Kier molecular flexibility index (Phi) is 8.53. The van der Waals surface area contributed by atoms with E-state index < -0.39 is 7.92 Å². The highest BCUT2D eigenvalue weighted by molar-refractivity contribution is 7.68. The van der Waals surface area contributed by atoms with Crippen molar-refractivity contribution < 1.29 is 9.47 Å². The minimum Gasteiger partial charge on any atom is -0.490 e. The van der Waals surface area contributed by atoms with Crippen molar-refractivity contribution in [1.82, 2.24) is 0 Å². The van der Waals surface area contributed by atoms with E-state index in [4.69, 9.17) is 9.47 Å².